The van der Waals surface area contributed by atoms with Gasteiger partial charge < -0.3 is 10.3 Å². The van der Waals surface area contributed by atoms with Gasteiger partial charge in [-0.15, -0.1) is 0 Å². The number of hydrogen-bond donors (Lipinski definition) is 2. The van der Waals surface area contributed by atoms with Crippen molar-refractivity contribution in [3.05, 3.63) is 45.7 Å². The first-order valence-electron chi connectivity index (χ1n) is 5.77. The number of benzene rings is 1. The second kappa shape index (κ2) is 4.00. The van der Waals surface area contributed by atoms with E-state index < -0.39 is 0 Å². The summed E-state index contributed by atoms with van der Waals surface area (Å²) in [5.74, 6) is 0. The molecule has 1 aromatic heterocycles. The maximum Gasteiger partial charge on any atom is 0.251 e. The molecule has 17 heavy (non-hydrogen) atoms. The van der Waals surface area contributed by atoms with E-state index in [0.29, 0.717) is 0 Å². The molecule has 0 saturated carbocycles. The molecule has 2 aromatic rings. The highest BCUT2D eigenvalue weighted by atomic mass is 16.1. The topological polar surface area (TPSA) is 44.9 Å². The fourth-order valence-electron chi connectivity index (χ4n) is 1.85. The molecular formula is C14H18N2O. The Labute approximate surface area is 101 Å². The van der Waals surface area contributed by atoms with Gasteiger partial charge in [0.15, 0.2) is 0 Å². The van der Waals surface area contributed by atoms with Crippen molar-refractivity contribution in [1.29, 1.82) is 0 Å². The van der Waals surface area contributed by atoms with Crippen molar-refractivity contribution in [2.24, 2.45) is 0 Å². The van der Waals surface area contributed by atoms with E-state index in [4.69, 9.17) is 0 Å². The fraction of sp³-hybridized carbons (Fsp3) is 0.357. The van der Waals surface area contributed by atoms with Crippen LogP contribution in [0.2, 0.25) is 0 Å². The zero-order chi connectivity index (χ0) is 12.6. The Balaban J connectivity index is 2.66. The van der Waals surface area contributed by atoms with Gasteiger partial charge in [-0.05, 0) is 57.0 Å². The van der Waals surface area contributed by atoms with Crippen molar-refractivity contribution in [3.63, 3.8) is 0 Å². The molecule has 3 nitrogen and oxygen atoms in total. The molecule has 1 heterocycles. The van der Waals surface area contributed by atoms with Crippen LogP contribution in [-0.4, -0.2) is 12.0 Å². The average molecular weight is 230 g/mol. The molecule has 0 unspecified atom stereocenters. The SMILES string of the molecule is CNC(C)(C)c1ccc2[nH]c(=O)c(C)cc2c1. The number of aryl methyl sites for hydroxylation is 1. The van der Waals surface area contributed by atoms with Crippen LogP contribution >= 0.6 is 0 Å². The summed E-state index contributed by atoms with van der Waals surface area (Å²) >= 11 is 0. The molecular weight excluding hydrogens is 212 g/mol. The Bertz CT molecular complexity index is 611. The molecule has 3 heteroatoms. The smallest absolute Gasteiger partial charge is 0.251 e. The first-order valence-corrected chi connectivity index (χ1v) is 5.77. The number of nitrogens with one attached hydrogen (secondary N) is 2. The van der Waals surface area contributed by atoms with Crippen molar-refractivity contribution in [3.8, 4) is 0 Å². The fourth-order valence-corrected chi connectivity index (χ4v) is 1.85. The summed E-state index contributed by atoms with van der Waals surface area (Å²) in [5, 5.41) is 4.35. The van der Waals surface area contributed by atoms with Gasteiger partial charge in [0.25, 0.3) is 5.56 Å². The molecule has 0 aliphatic rings. The lowest BCUT2D eigenvalue weighted by Gasteiger charge is -2.25. The monoisotopic (exact) mass is 230 g/mol. The molecule has 0 fully saturated rings. The summed E-state index contributed by atoms with van der Waals surface area (Å²) < 4.78 is 0. The van der Waals surface area contributed by atoms with Gasteiger partial charge in [0.05, 0.1) is 0 Å². The Kier molecular flexibility index (Phi) is 2.79. The molecule has 0 aliphatic heterocycles. The number of fused-ring (bicyclic) bond motifs is 1. The van der Waals surface area contributed by atoms with Crippen molar-refractivity contribution >= 4 is 10.9 Å². The number of aromatic nitrogens is 1. The first kappa shape index (κ1) is 11.9. The molecule has 2 N–H and O–H groups in total. The van der Waals surface area contributed by atoms with E-state index in [1.807, 2.05) is 32.2 Å². The van der Waals surface area contributed by atoms with Crippen LogP contribution in [0.4, 0.5) is 0 Å². The molecule has 2 rings (SSSR count). The van der Waals surface area contributed by atoms with Crippen LogP contribution in [-0.2, 0) is 5.54 Å². The maximum absolute atomic E-state index is 11.5. The number of rotatable bonds is 2. The van der Waals surface area contributed by atoms with Gasteiger partial charge in [-0.1, -0.05) is 6.07 Å². The zero-order valence-electron chi connectivity index (χ0n) is 10.7. The third-order valence-corrected chi connectivity index (χ3v) is 3.38. The molecule has 0 saturated heterocycles. The Morgan fingerprint density at radius 1 is 1.24 bits per heavy atom. The normalized spacial score (nSPS) is 12.0. The maximum atomic E-state index is 11.5. The lowest BCUT2D eigenvalue weighted by atomic mass is 9.93. The summed E-state index contributed by atoms with van der Waals surface area (Å²) in [7, 11) is 1.95. The number of hydrogen-bond acceptors (Lipinski definition) is 2. The largest absolute Gasteiger partial charge is 0.322 e. The second-order valence-corrected chi connectivity index (χ2v) is 4.96. The minimum absolute atomic E-state index is 0.0156. The summed E-state index contributed by atoms with van der Waals surface area (Å²) in [6, 6.07) is 8.06. The summed E-state index contributed by atoms with van der Waals surface area (Å²) in [4.78, 5) is 14.4. The van der Waals surface area contributed by atoms with Gasteiger partial charge in [0, 0.05) is 16.6 Å². The van der Waals surface area contributed by atoms with E-state index in [-0.39, 0.29) is 11.1 Å². The molecule has 0 atom stereocenters. The second-order valence-electron chi connectivity index (χ2n) is 4.96. The Morgan fingerprint density at radius 3 is 2.59 bits per heavy atom. The highest BCUT2D eigenvalue weighted by molar-refractivity contribution is 5.79. The van der Waals surface area contributed by atoms with Crippen LogP contribution in [0.15, 0.2) is 29.1 Å². The third-order valence-electron chi connectivity index (χ3n) is 3.38. The molecule has 0 radical (unpaired) electrons. The zero-order valence-corrected chi connectivity index (χ0v) is 10.7. The summed E-state index contributed by atoms with van der Waals surface area (Å²) in [6.07, 6.45) is 0. The summed E-state index contributed by atoms with van der Waals surface area (Å²) in [6.45, 7) is 6.09. The number of H-pyrrole nitrogens is 1. The summed E-state index contributed by atoms with van der Waals surface area (Å²) in [5.41, 5.74) is 2.75. The van der Waals surface area contributed by atoms with E-state index in [9.17, 15) is 4.79 Å². The molecule has 0 amide bonds. The molecule has 90 valence electrons. The predicted octanol–water partition coefficient (Wildman–Crippen LogP) is 2.29. The first-order chi connectivity index (χ1) is 7.94. The average Bonchev–Trinajstić information content (AvgIpc) is 2.30. The van der Waals surface area contributed by atoms with Gasteiger partial charge in [0.2, 0.25) is 0 Å². The van der Waals surface area contributed by atoms with Gasteiger partial charge in [0.1, 0.15) is 0 Å². The van der Waals surface area contributed by atoms with Gasteiger partial charge >= 0.3 is 0 Å². The van der Waals surface area contributed by atoms with Gasteiger partial charge in [-0.2, -0.15) is 0 Å². The standard InChI is InChI=1S/C14H18N2O/c1-9-7-10-8-11(14(2,3)15-4)5-6-12(10)16-13(9)17/h5-8,15H,1-4H3,(H,16,17). The van der Waals surface area contributed by atoms with E-state index in [2.05, 4.69) is 30.2 Å². The van der Waals surface area contributed by atoms with Crippen molar-refractivity contribution < 1.29 is 0 Å². The van der Waals surface area contributed by atoms with E-state index in [1.54, 1.807) is 0 Å². The molecule has 1 aromatic carbocycles. The molecule has 0 aliphatic carbocycles. The van der Waals surface area contributed by atoms with Crippen LogP contribution in [0.5, 0.6) is 0 Å². The minimum Gasteiger partial charge on any atom is -0.322 e. The van der Waals surface area contributed by atoms with Crippen LogP contribution in [0.1, 0.15) is 25.0 Å². The van der Waals surface area contributed by atoms with Crippen molar-refractivity contribution in [1.82, 2.24) is 10.3 Å². The van der Waals surface area contributed by atoms with Crippen LogP contribution in [0.3, 0.4) is 0 Å². The predicted molar refractivity (Wildman–Crippen MR) is 71.4 cm³/mol. The Morgan fingerprint density at radius 2 is 1.94 bits per heavy atom. The van der Waals surface area contributed by atoms with Crippen molar-refractivity contribution in [2.75, 3.05) is 7.05 Å². The van der Waals surface area contributed by atoms with Crippen LogP contribution in [0.25, 0.3) is 10.9 Å². The molecule has 0 bridgehead atoms. The lowest BCUT2D eigenvalue weighted by molar-refractivity contribution is 0.445. The minimum atomic E-state index is -0.0712. The van der Waals surface area contributed by atoms with Crippen LogP contribution < -0.4 is 10.9 Å². The highest BCUT2D eigenvalue weighted by Gasteiger charge is 2.17. The van der Waals surface area contributed by atoms with Gasteiger partial charge in [-0.3, -0.25) is 4.79 Å². The number of pyridine rings is 1. The lowest BCUT2D eigenvalue weighted by Crippen LogP contribution is -2.33. The van der Waals surface area contributed by atoms with Crippen LogP contribution in [0, 0.1) is 6.92 Å². The Hall–Kier alpha value is -1.61. The van der Waals surface area contributed by atoms with Gasteiger partial charge in [-0.25, -0.2) is 0 Å². The third kappa shape index (κ3) is 2.11. The van der Waals surface area contributed by atoms with E-state index >= 15 is 0 Å². The number of aromatic amines is 1. The quantitative estimate of drug-likeness (QED) is 0.831. The van der Waals surface area contributed by atoms with E-state index in [0.717, 1.165) is 16.5 Å². The van der Waals surface area contributed by atoms with Crippen molar-refractivity contribution in [2.45, 2.75) is 26.3 Å². The highest BCUT2D eigenvalue weighted by Crippen LogP contribution is 2.23. The van der Waals surface area contributed by atoms with E-state index in [1.165, 1.54) is 5.56 Å². The molecule has 0 spiro atoms.